The highest BCUT2D eigenvalue weighted by molar-refractivity contribution is 8.00. The van der Waals surface area contributed by atoms with Gasteiger partial charge < -0.3 is 5.32 Å². The molecule has 3 aromatic rings. The van der Waals surface area contributed by atoms with Crippen LogP contribution in [-0.4, -0.2) is 40.7 Å². The van der Waals surface area contributed by atoms with Crippen LogP contribution in [0.1, 0.15) is 37.2 Å². The molecule has 0 unspecified atom stereocenters. The van der Waals surface area contributed by atoms with E-state index in [0.717, 1.165) is 46.5 Å². The quantitative estimate of drug-likeness (QED) is 0.643. The number of nitrogens with zero attached hydrogens (tertiary/aromatic N) is 6. The van der Waals surface area contributed by atoms with Crippen LogP contribution in [0, 0.1) is 13.8 Å². The van der Waals surface area contributed by atoms with Gasteiger partial charge in [0.2, 0.25) is 5.91 Å². The smallest absolute Gasteiger partial charge is 0.237 e. The summed E-state index contributed by atoms with van der Waals surface area (Å²) < 4.78 is 3.92. The summed E-state index contributed by atoms with van der Waals surface area (Å²) in [6.45, 7) is 5.72. The Kier molecular flexibility index (Phi) is 4.92. The first kappa shape index (κ1) is 18.7. The van der Waals surface area contributed by atoms with Crippen LogP contribution in [-0.2, 0) is 11.8 Å². The van der Waals surface area contributed by atoms with E-state index < -0.39 is 0 Å². The molecule has 4 rings (SSSR count). The number of amides is 1. The lowest BCUT2D eigenvalue weighted by Gasteiger charge is -2.13. The minimum absolute atomic E-state index is 0.0718. The largest absolute Gasteiger partial charge is 0.322 e. The van der Waals surface area contributed by atoms with Crippen molar-refractivity contribution in [2.75, 3.05) is 5.32 Å². The van der Waals surface area contributed by atoms with Gasteiger partial charge in [0.15, 0.2) is 11.0 Å². The highest BCUT2D eigenvalue weighted by Crippen LogP contribution is 2.41. The standard InChI is InChI=1S/C19H23N7OS/c1-11-16(12(2)25(4)24-11)21-18(27)13(3)28-19-23-22-17(26(19)15-7-8-15)14-6-5-9-20-10-14/h5-6,9-10,13,15H,7-8H2,1-4H3,(H,21,27)/t13-/m1/s1. The lowest BCUT2D eigenvalue weighted by atomic mass is 10.3. The van der Waals surface area contributed by atoms with E-state index in [2.05, 4.69) is 30.2 Å². The molecule has 3 heterocycles. The zero-order chi connectivity index (χ0) is 19.8. The number of carbonyl (C=O) groups excluding carboxylic acids is 1. The minimum atomic E-state index is -0.317. The highest BCUT2D eigenvalue weighted by atomic mass is 32.2. The van der Waals surface area contributed by atoms with Gasteiger partial charge in [-0.3, -0.25) is 19.0 Å². The monoisotopic (exact) mass is 397 g/mol. The van der Waals surface area contributed by atoms with E-state index in [4.69, 9.17) is 0 Å². The van der Waals surface area contributed by atoms with Crippen molar-refractivity contribution in [2.24, 2.45) is 7.05 Å². The fraction of sp³-hybridized carbons (Fsp3) is 0.421. The van der Waals surface area contributed by atoms with Crippen molar-refractivity contribution in [1.29, 1.82) is 0 Å². The Balaban J connectivity index is 1.54. The topological polar surface area (TPSA) is 90.5 Å². The van der Waals surface area contributed by atoms with E-state index in [1.165, 1.54) is 11.8 Å². The van der Waals surface area contributed by atoms with Crippen molar-refractivity contribution >= 4 is 23.4 Å². The van der Waals surface area contributed by atoms with Crippen LogP contribution in [0.2, 0.25) is 0 Å². The minimum Gasteiger partial charge on any atom is -0.322 e. The van der Waals surface area contributed by atoms with Crippen molar-refractivity contribution in [3.63, 3.8) is 0 Å². The van der Waals surface area contributed by atoms with Crippen molar-refractivity contribution in [1.82, 2.24) is 29.5 Å². The second kappa shape index (κ2) is 7.38. The molecule has 9 heteroatoms. The van der Waals surface area contributed by atoms with Gasteiger partial charge in [-0.05, 0) is 45.7 Å². The van der Waals surface area contributed by atoms with E-state index in [0.29, 0.717) is 6.04 Å². The zero-order valence-corrected chi connectivity index (χ0v) is 17.2. The lowest BCUT2D eigenvalue weighted by molar-refractivity contribution is -0.115. The van der Waals surface area contributed by atoms with Crippen molar-refractivity contribution in [2.45, 2.75) is 50.1 Å². The van der Waals surface area contributed by atoms with Crippen LogP contribution in [0.15, 0.2) is 29.7 Å². The Bertz CT molecular complexity index is 1010. The second-order valence-electron chi connectivity index (χ2n) is 7.07. The van der Waals surface area contributed by atoms with Gasteiger partial charge in [-0.1, -0.05) is 11.8 Å². The first-order valence-electron chi connectivity index (χ1n) is 9.28. The number of aromatic nitrogens is 6. The van der Waals surface area contributed by atoms with Crippen LogP contribution in [0.3, 0.4) is 0 Å². The number of rotatable bonds is 6. The molecule has 0 aliphatic heterocycles. The fourth-order valence-corrected chi connectivity index (χ4v) is 4.02. The number of hydrogen-bond donors (Lipinski definition) is 1. The number of pyridine rings is 1. The van der Waals surface area contributed by atoms with Crippen LogP contribution in [0.5, 0.6) is 0 Å². The molecule has 146 valence electrons. The van der Waals surface area contributed by atoms with Gasteiger partial charge >= 0.3 is 0 Å². The maximum Gasteiger partial charge on any atom is 0.237 e. The molecule has 0 spiro atoms. The number of aryl methyl sites for hydroxylation is 2. The maximum atomic E-state index is 12.8. The Hall–Kier alpha value is -2.68. The predicted octanol–water partition coefficient (Wildman–Crippen LogP) is 3.14. The molecule has 1 aliphatic rings. The van der Waals surface area contributed by atoms with Crippen LogP contribution in [0.25, 0.3) is 11.4 Å². The second-order valence-corrected chi connectivity index (χ2v) is 8.38. The highest BCUT2D eigenvalue weighted by Gasteiger charge is 2.31. The summed E-state index contributed by atoms with van der Waals surface area (Å²) >= 11 is 1.43. The van der Waals surface area contributed by atoms with Gasteiger partial charge in [-0.2, -0.15) is 5.10 Å². The van der Waals surface area contributed by atoms with Gasteiger partial charge in [0.25, 0.3) is 0 Å². The molecule has 1 atom stereocenters. The third kappa shape index (κ3) is 3.54. The predicted molar refractivity (Wildman–Crippen MR) is 108 cm³/mol. The summed E-state index contributed by atoms with van der Waals surface area (Å²) in [5.74, 6) is 0.738. The Morgan fingerprint density at radius 1 is 1.32 bits per heavy atom. The Morgan fingerprint density at radius 3 is 2.71 bits per heavy atom. The Labute approximate surface area is 167 Å². The summed E-state index contributed by atoms with van der Waals surface area (Å²) in [5.41, 5.74) is 3.46. The van der Waals surface area contributed by atoms with Gasteiger partial charge in [-0.15, -0.1) is 10.2 Å². The van der Waals surface area contributed by atoms with E-state index in [1.54, 1.807) is 17.1 Å². The number of hydrogen-bond acceptors (Lipinski definition) is 6. The summed E-state index contributed by atoms with van der Waals surface area (Å²) in [4.78, 5) is 17.0. The summed E-state index contributed by atoms with van der Waals surface area (Å²) in [6, 6.07) is 4.27. The van der Waals surface area contributed by atoms with Gasteiger partial charge in [0.05, 0.1) is 22.3 Å². The van der Waals surface area contributed by atoms with Crippen LogP contribution in [0.4, 0.5) is 5.69 Å². The molecule has 1 N–H and O–H groups in total. The third-order valence-electron chi connectivity index (χ3n) is 4.90. The van der Waals surface area contributed by atoms with Crippen LogP contribution >= 0.6 is 11.8 Å². The van der Waals surface area contributed by atoms with E-state index in [9.17, 15) is 4.79 Å². The third-order valence-corrected chi connectivity index (χ3v) is 5.96. The van der Waals surface area contributed by atoms with E-state index >= 15 is 0 Å². The molecular formula is C19H23N7OS. The van der Waals surface area contributed by atoms with E-state index in [1.807, 2.05) is 40.0 Å². The lowest BCUT2D eigenvalue weighted by Crippen LogP contribution is -2.23. The van der Waals surface area contributed by atoms with Gasteiger partial charge in [-0.25, -0.2) is 0 Å². The molecular weight excluding hydrogens is 374 g/mol. The number of anilines is 1. The average Bonchev–Trinajstić information content (AvgIpc) is 3.40. The molecule has 8 nitrogen and oxygen atoms in total. The van der Waals surface area contributed by atoms with Crippen molar-refractivity contribution < 1.29 is 4.79 Å². The number of carbonyl (C=O) groups is 1. The zero-order valence-electron chi connectivity index (χ0n) is 16.4. The molecule has 28 heavy (non-hydrogen) atoms. The summed E-state index contributed by atoms with van der Waals surface area (Å²) in [5, 5.41) is 16.6. The normalized spacial score (nSPS) is 14.9. The average molecular weight is 398 g/mol. The molecule has 0 radical (unpaired) electrons. The van der Waals surface area contributed by atoms with E-state index in [-0.39, 0.29) is 11.2 Å². The van der Waals surface area contributed by atoms with Crippen molar-refractivity contribution in [3.05, 3.63) is 35.9 Å². The summed E-state index contributed by atoms with van der Waals surface area (Å²) in [7, 11) is 1.87. The molecule has 0 bridgehead atoms. The molecule has 1 aliphatic carbocycles. The number of nitrogens with one attached hydrogen (secondary N) is 1. The summed E-state index contributed by atoms with van der Waals surface area (Å²) in [6.07, 6.45) is 5.74. The molecule has 1 amide bonds. The van der Waals surface area contributed by atoms with Gasteiger partial charge in [0.1, 0.15) is 0 Å². The molecule has 0 aromatic carbocycles. The first-order chi connectivity index (χ1) is 13.5. The fourth-order valence-electron chi connectivity index (χ4n) is 3.10. The SMILES string of the molecule is Cc1nn(C)c(C)c1NC(=O)[C@@H](C)Sc1nnc(-c2cccnc2)n1C1CC1. The molecule has 1 fully saturated rings. The molecule has 1 saturated carbocycles. The van der Waals surface area contributed by atoms with Crippen LogP contribution < -0.4 is 5.32 Å². The number of thioether (sulfide) groups is 1. The first-order valence-corrected chi connectivity index (χ1v) is 10.2. The van der Waals surface area contributed by atoms with Crippen molar-refractivity contribution in [3.8, 4) is 11.4 Å². The molecule has 3 aromatic heterocycles. The Morgan fingerprint density at radius 2 is 2.11 bits per heavy atom. The molecule has 0 saturated heterocycles. The van der Waals surface area contributed by atoms with Gasteiger partial charge in [0, 0.05) is 31.0 Å². The maximum absolute atomic E-state index is 12.8.